The maximum atomic E-state index is 5.83. The fourth-order valence-corrected chi connectivity index (χ4v) is 2.73. The van der Waals surface area contributed by atoms with Crippen LogP contribution in [0.5, 0.6) is 5.75 Å². The molecule has 1 aromatic heterocycles. The molecule has 2 aromatic rings. The number of aryl methyl sites for hydroxylation is 2. The number of ether oxygens (including phenoxy) is 1. The molecule has 23 heavy (non-hydrogen) atoms. The summed E-state index contributed by atoms with van der Waals surface area (Å²) < 4.78 is 7.83. The molecule has 0 amide bonds. The Morgan fingerprint density at radius 2 is 1.91 bits per heavy atom. The van der Waals surface area contributed by atoms with E-state index in [2.05, 4.69) is 44.1 Å². The molecule has 2 rings (SSSR count). The average molecular weight is 316 g/mol. The topological polar surface area (TPSA) is 66.0 Å². The van der Waals surface area contributed by atoms with Crippen molar-refractivity contribution in [2.75, 3.05) is 6.61 Å². The zero-order valence-electron chi connectivity index (χ0n) is 14.7. The Labute approximate surface area is 138 Å². The maximum absolute atomic E-state index is 5.83. The highest BCUT2D eigenvalue weighted by molar-refractivity contribution is 5.31. The van der Waals surface area contributed by atoms with Gasteiger partial charge in [0.15, 0.2) is 0 Å². The number of nitrogens with two attached hydrogens (primary N) is 1. The smallest absolute Gasteiger partial charge is 0.122 e. The van der Waals surface area contributed by atoms with Crippen molar-refractivity contribution in [2.45, 2.75) is 59.0 Å². The van der Waals surface area contributed by atoms with Gasteiger partial charge in [-0.25, -0.2) is 4.68 Å². The van der Waals surface area contributed by atoms with Crippen LogP contribution in [-0.2, 0) is 18.5 Å². The molecular weight excluding hydrogens is 288 g/mol. The van der Waals surface area contributed by atoms with Crippen molar-refractivity contribution in [3.8, 4) is 5.75 Å². The van der Waals surface area contributed by atoms with E-state index in [9.17, 15) is 0 Å². The summed E-state index contributed by atoms with van der Waals surface area (Å²) in [5.41, 5.74) is 8.98. The molecule has 1 heterocycles. The molecule has 5 heteroatoms. The maximum Gasteiger partial charge on any atom is 0.122 e. The zero-order valence-corrected chi connectivity index (χ0v) is 14.7. The second kappa shape index (κ2) is 7.59. The van der Waals surface area contributed by atoms with Crippen LogP contribution in [0.1, 0.15) is 50.6 Å². The molecule has 0 aliphatic heterocycles. The minimum Gasteiger partial charge on any atom is -0.493 e. The van der Waals surface area contributed by atoms with Crippen molar-refractivity contribution in [1.82, 2.24) is 15.0 Å². The first kappa shape index (κ1) is 17.5. The molecule has 0 aliphatic carbocycles. The van der Waals surface area contributed by atoms with Crippen LogP contribution in [0.25, 0.3) is 0 Å². The van der Waals surface area contributed by atoms with Crippen LogP contribution in [-0.4, -0.2) is 21.6 Å². The number of unbranched alkanes of at least 4 members (excludes halogenated alkanes) is 1. The summed E-state index contributed by atoms with van der Waals surface area (Å²) in [5.74, 6) is 0.967. The number of benzene rings is 1. The van der Waals surface area contributed by atoms with Gasteiger partial charge in [-0.3, -0.25) is 0 Å². The van der Waals surface area contributed by atoms with Gasteiger partial charge in [0.25, 0.3) is 0 Å². The molecule has 126 valence electrons. The number of rotatable bonds is 7. The molecule has 0 radical (unpaired) electrons. The number of aromatic nitrogens is 3. The third-order valence-electron chi connectivity index (χ3n) is 3.82. The predicted octanol–water partition coefficient (Wildman–Crippen LogP) is 3.20. The van der Waals surface area contributed by atoms with Gasteiger partial charge in [-0.2, -0.15) is 0 Å². The van der Waals surface area contributed by atoms with Gasteiger partial charge >= 0.3 is 0 Å². The minimum atomic E-state index is -0.00411. The van der Waals surface area contributed by atoms with E-state index in [0.717, 1.165) is 36.5 Å². The lowest BCUT2D eigenvalue weighted by atomic mass is 9.90. The van der Waals surface area contributed by atoms with Gasteiger partial charge in [0.05, 0.1) is 18.0 Å². The first-order valence-corrected chi connectivity index (χ1v) is 8.25. The van der Waals surface area contributed by atoms with E-state index in [-0.39, 0.29) is 5.41 Å². The van der Waals surface area contributed by atoms with Crippen molar-refractivity contribution >= 4 is 0 Å². The Bertz CT molecular complexity index is 628. The van der Waals surface area contributed by atoms with Gasteiger partial charge in [0, 0.05) is 18.5 Å². The summed E-state index contributed by atoms with van der Waals surface area (Å²) in [4.78, 5) is 0. The second-order valence-electron chi connectivity index (χ2n) is 6.88. The molecule has 1 aromatic carbocycles. The van der Waals surface area contributed by atoms with Crippen molar-refractivity contribution in [2.24, 2.45) is 5.73 Å². The lowest BCUT2D eigenvalue weighted by molar-refractivity contribution is 0.298. The Balaban J connectivity index is 1.85. The van der Waals surface area contributed by atoms with Crippen LogP contribution in [0.2, 0.25) is 0 Å². The van der Waals surface area contributed by atoms with E-state index in [1.54, 1.807) is 0 Å². The van der Waals surface area contributed by atoms with Crippen LogP contribution in [0.4, 0.5) is 0 Å². The van der Waals surface area contributed by atoms with E-state index < -0.39 is 0 Å². The summed E-state index contributed by atoms with van der Waals surface area (Å²) in [5, 5.41) is 8.49. The van der Waals surface area contributed by atoms with Crippen LogP contribution >= 0.6 is 0 Å². The summed E-state index contributed by atoms with van der Waals surface area (Å²) in [6.45, 7) is 10.6. The Kier molecular flexibility index (Phi) is 5.77. The summed E-state index contributed by atoms with van der Waals surface area (Å²) in [7, 11) is 0. The van der Waals surface area contributed by atoms with Gasteiger partial charge in [-0.15, -0.1) is 5.10 Å². The Morgan fingerprint density at radius 3 is 2.57 bits per heavy atom. The molecule has 0 bridgehead atoms. The number of para-hydroxylation sites is 1. The first-order valence-electron chi connectivity index (χ1n) is 8.25. The van der Waals surface area contributed by atoms with Crippen LogP contribution < -0.4 is 10.5 Å². The van der Waals surface area contributed by atoms with Crippen molar-refractivity contribution in [3.05, 3.63) is 41.2 Å². The number of hydrogen-bond donors (Lipinski definition) is 1. The van der Waals surface area contributed by atoms with E-state index in [1.807, 2.05) is 22.9 Å². The van der Waals surface area contributed by atoms with Crippen molar-refractivity contribution in [1.29, 1.82) is 0 Å². The highest BCUT2D eigenvalue weighted by atomic mass is 16.5. The standard InChI is InChI=1S/C18H28N4O/c1-14-9-5-6-10-16(14)23-12-8-7-11-22-17(18(2,3)4)15(13-19)20-21-22/h5-6,9-10H,7-8,11-13,19H2,1-4H3. The van der Waals surface area contributed by atoms with E-state index in [0.29, 0.717) is 13.2 Å². The molecule has 5 nitrogen and oxygen atoms in total. The Hall–Kier alpha value is -1.88. The normalized spacial score (nSPS) is 11.7. The Morgan fingerprint density at radius 1 is 1.17 bits per heavy atom. The van der Waals surface area contributed by atoms with Gasteiger partial charge in [0.1, 0.15) is 5.75 Å². The molecule has 0 saturated carbocycles. The average Bonchev–Trinajstić information content (AvgIpc) is 2.92. The molecular formula is C18H28N4O. The van der Waals surface area contributed by atoms with Crippen molar-refractivity contribution < 1.29 is 4.74 Å². The summed E-state index contributed by atoms with van der Waals surface area (Å²) in [6, 6.07) is 8.10. The first-order chi connectivity index (χ1) is 10.9. The molecule has 0 saturated heterocycles. The van der Waals surface area contributed by atoms with Crippen molar-refractivity contribution in [3.63, 3.8) is 0 Å². The zero-order chi connectivity index (χ0) is 16.9. The molecule has 0 spiro atoms. The summed E-state index contributed by atoms with van der Waals surface area (Å²) >= 11 is 0. The van der Waals surface area contributed by atoms with Crippen LogP contribution in [0.3, 0.4) is 0 Å². The lowest BCUT2D eigenvalue weighted by Crippen LogP contribution is -2.21. The van der Waals surface area contributed by atoms with E-state index in [1.165, 1.54) is 5.56 Å². The molecule has 0 unspecified atom stereocenters. The number of hydrogen-bond acceptors (Lipinski definition) is 4. The predicted molar refractivity (Wildman–Crippen MR) is 92.5 cm³/mol. The molecule has 2 N–H and O–H groups in total. The van der Waals surface area contributed by atoms with Gasteiger partial charge < -0.3 is 10.5 Å². The lowest BCUT2D eigenvalue weighted by Gasteiger charge is -2.21. The monoisotopic (exact) mass is 316 g/mol. The highest BCUT2D eigenvalue weighted by Crippen LogP contribution is 2.24. The van der Waals surface area contributed by atoms with Gasteiger partial charge in [-0.05, 0) is 31.4 Å². The van der Waals surface area contributed by atoms with Crippen LogP contribution in [0.15, 0.2) is 24.3 Å². The minimum absolute atomic E-state index is 0.00411. The second-order valence-corrected chi connectivity index (χ2v) is 6.88. The summed E-state index contributed by atoms with van der Waals surface area (Å²) in [6.07, 6.45) is 1.98. The quantitative estimate of drug-likeness (QED) is 0.797. The van der Waals surface area contributed by atoms with E-state index in [4.69, 9.17) is 10.5 Å². The third-order valence-corrected chi connectivity index (χ3v) is 3.82. The van der Waals surface area contributed by atoms with Gasteiger partial charge in [-0.1, -0.05) is 44.2 Å². The number of nitrogens with zero attached hydrogens (tertiary/aromatic N) is 3. The van der Waals surface area contributed by atoms with E-state index >= 15 is 0 Å². The molecule has 0 aliphatic rings. The van der Waals surface area contributed by atoms with Crippen LogP contribution in [0, 0.1) is 6.92 Å². The third kappa shape index (κ3) is 4.55. The van der Waals surface area contributed by atoms with Gasteiger partial charge in [0.2, 0.25) is 0 Å². The highest BCUT2D eigenvalue weighted by Gasteiger charge is 2.24. The molecule has 0 fully saturated rings. The fraction of sp³-hybridized carbons (Fsp3) is 0.556. The molecule has 0 atom stereocenters. The SMILES string of the molecule is Cc1ccccc1OCCCCn1nnc(CN)c1C(C)(C)C. The largest absolute Gasteiger partial charge is 0.493 e. The fourth-order valence-electron chi connectivity index (χ4n) is 2.73.